The van der Waals surface area contributed by atoms with Crippen LogP contribution in [-0.2, 0) is 20.2 Å². The van der Waals surface area contributed by atoms with Crippen LogP contribution in [0.4, 0.5) is 0 Å². The fourth-order valence-corrected chi connectivity index (χ4v) is 4.20. The zero-order valence-electron chi connectivity index (χ0n) is 12.9. The van der Waals surface area contributed by atoms with Crippen LogP contribution in [0, 0.1) is 0 Å². The van der Waals surface area contributed by atoms with Crippen molar-refractivity contribution >= 4 is 21.4 Å². The summed E-state index contributed by atoms with van der Waals surface area (Å²) >= 11 is 1.48. The lowest BCUT2D eigenvalue weighted by Crippen LogP contribution is -2.33. The Balaban J connectivity index is 2.76. The maximum absolute atomic E-state index is 12.0. The molecule has 1 aromatic heterocycles. The van der Waals surface area contributed by atoms with Crippen LogP contribution in [0.2, 0.25) is 0 Å². The summed E-state index contributed by atoms with van der Waals surface area (Å²) in [5.74, 6) is -0.0503. The predicted octanol–water partition coefficient (Wildman–Crippen LogP) is 2.46. The predicted molar refractivity (Wildman–Crippen MR) is 82.6 cm³/mol. The quantitative estimate of drug-likeness (QED) is 0.874. The smallest absolute Gasteiger partial charge is 0.214 e. The molecule has 0 radical (unpaired) electrons. The number of methoxy groups -OCH3 is 1. The van der Waals surface area contributed by atoms with Gasteiger partial charge >= 0.3 is 0 Å². The molecule has 116 valence electrons. The van der Waals surface area contributed by atoms with Gasteiger partial charge in [0.15, 0.2) is 0 Å². The number of nitrogens with zero attached hydrogens (tertiary/aromatic N) is 1. The van der Waals surface area contributed by atoms with Gasteiger partial charge in [-0.2, -0.15) is 0 Å². The molecule has 0 fully saturated rings. The minimum atomic E-state index is -3.37. The van der Waals surface area contributed by atoms with Crippen LogP contribution in [0.1, 0.15) is 51.4 Å². The van der Waals surface area contributed by atoms with Crippen molar-refractivity contribution in [3.63, 3.8) is 0 Å². The van der Waals surface area contributed by atoms with Crippen LogP contribution in [0.25, 0.3) is 0 Å². The van der Waals surface area contributed by atoms with Gasteiger partial charge in [0, 0.05) is 17.9 Å². The number of sulfonamides is 1. The molecule has 1 aromatic rings. The summed E-state index contributed by atoms with van der Waals surface area (Å²) in [5.41, 5.74) is 0.951. The van der Waals surface area contributed by atoms with Gasteiger partial charge in [0.05, 0.1) is 23.6 Å². The summed E-state index contributed by atoms with van der Waals surface area (Å²) < 4.78 is 31.6. The molecule has 0 aliphatic heterocycles. The molecule has 0 amide bonds. The summed E-state index contributed by atoms with van der Waals surface area (Å²) in [7, 11) is -1.87. The largest absolute Gasteiger partial charge is 0.381 e. The molecule has 0 aliphatic carbocycles. The van der Waals surface area contributed by atoms with Gasteiger partial charge in [-0.25, -0.2) is 18.1 Å². The van der Waals surface area contributed by atoms with Gasteiger partial charge in [-0.1, -0.05) is 20.8 Å². The molecule has 0 saturated carbocycles. The first kappa shape index (κ1) is 17.6. The van der Waals surface area contributed by atoms with E-state index in [0.717, 1.165) is 10.7 Å². The van der Waals surface area contributed by atoms with E-state index in [4.69, 9.17) is 4.74 Å². The summed E-state index contributed by atoms with van der Waals surface area (Å²) in [5, 5.41) is 2.77. The Morgan fingerprint density at radius 2 is 2.00 bits per heavy atom. The van der Waals surface area contributed by atoms with E-state index in [1.807, 2.05) is 5.38 Å². The molecule has 0 saturated heterocycles. The lowest BCUT2D eigenvalue weighted by atomic mass is 9.93. The molecule has 1 rings (SSSR count). The Kier molecular flexibility index (Phi) is 5.71. The average Bonchev–Trinajstić information content (AvgIpc) is 2.76. The van der Waals surface area contributed by atoms with Gasteiger partial charge < -0.3 is 4.74 Å². The maximum atomic E-state index is 12.0. The van der Waals surface area contributed by atoms with Crippen LogP contribution in [0.15, 0.2) is 5.38 Å². The van der Waals surface area contributed by atoms with E-state index < -0.39 is 10.0 Å². The first-order valence-corrected chi connectivity index (χ1v) is 9.07. The first-order chi connectivity index (χ1) is 9.05. The SMILES string of the molecule is COC(C)CS(=O)(=O)NC(C)c1nc(C(C)(C)C)cs1. The summed E-state index contributed by atoms with van der Waals surface area (Å²) in [4.78, 5) is 4.53. The van der Waals surface area contributed by atoms with E-state index in [2.05, 4.69) is 30.5 Å². The molecule has 1 heterocycles. The number of hydrogen-bond donors (Lipinski definition) is 1. The normalized spacial score (nSPS) is 16.1. The van der Waals surface area contributed by atoms with Crippen molar-refractivity contribution in [2.24, 2.45) is 0 Å². The lowest BCUT2D eigenvalue weighted by molar-refractivity contribution is 0.136. The van der Waals surface area contributed by atoms with E-state index in [1.54, 1.807) is 13.8 Å². The highest BCUT2D eigenvalue weighted by Gasteiger charge is 2.23. The topological polar surface area (TPSA) is 68.3 Å². The van der Waals surface area contributed by atoms with Crippen molar-refractivity contribution < 1.29 is 13.2 Å². The molecule has 1 N–H and O–H groups in total. The molecule has 0 spiro atoms. The summed E-state index contributed by atoms with van der Waals surface area (Å²) in [6.45, 7) is 9.79. The fraction of sp³-hybridized carbons (Fsp3) is 0.769. The third-order valence-corrected chi connectivity index (χ3v) is 5.52. The summed E-state index contributed by atoms with van der Waals surface area (Å²) in [6, 6.07) is -0.329. The highest BCUT2D eigenvalue weighted by molar-refractivity contribution is 7.89. The van der Waals surface area contributed by atoms with Gasteiger partial charge in [0.2, 0.25) is 10.0 Å². The molecule has 0 aromatic carbocycles. The molecule has 5 nitrogen and oxygen atoms in total. The second-order valence-corrected chi connectivity index (χ2v) is 8.68. The Labute approximate surface area is 125 Å². The van der Waals surface area contributed by atoms with E-state index in [0.29, 0.717) is 0 Å². The Hall–Kier alpha value is -0.500. The molecule has 7 heteroatoms. The Bertz CT molecular complexity index is 532. The molecule has 0 aliphatic rings. The minimum absolute atomic E-state index is 0.0299. The van der Waals surface area contributed by atoms with E-state index in [9.17, 15) is 8.42 Å². The monoisotopic (exact) mass is 320 g/mol. The zero-order valence-corrected chi connectivity index (χ0v) is 14.6. The van der Waals surface area contributed by atoms with Gasteiger partial charge in [0.25, 0.3) is 0 Å². The van der Waals surface area contributed by atoms with Crippen LogP contribution in [-0.4, -0.2) is 32.4 Å². The number of aromatic nitrogens is 1. The van der Waals surface area contributed by atoms with Crippen molar-refractivity contribution in [3.8, 4) is 0 Å². The van der Waals surface area contributed by atoms with Crippen molar-refractivity contribution in [3.05, 3.63) is 16.1 Å². The second-order valence-electron chi connectivity index (χ2n) is 5.99. The average molecular weight is 320 g/mol. The highest BCUT2D eigenvalue weighted by Crippen LogP contribution is 2.27. The van der Waals surface area contributed by atoms with Gasteiger partial charge in [-0.15, -0.1) is 11.3 Å². The van der Waals surface area contributed by atoms with Crippen LogP contribution < -0.4 is 4.72 Å². The van der Waals surface area contributed by atoms with Crippen LogP contribution in [0.5, 0.6) is 0 Å². The van der Waals surface area contributed by atoms with E-state index in [-0.39, 0.29) is 23.3 Å². The maximum Gasteiger partial charge on any atom is 0.214 e. The molecule has 0 bridgehead atoms. The first-order valence-electron chi connectivity index (χ1n) is 6.54. The molecule has 2 atom stereocenters. The van der Waals surface area contributed by atoms with Crippen LogP contribution >= 0.6 is 11.3 Å². The summed E-state index contributed by atoms with van der Waals surface area (Å²) in [6.07, 6.45) is -0.332. The number of rotatable bonds is 6. The number of thiazole rings is 1. The standard InChI is InChI=1S/C13H24N2O3S2/c1-9(18-6)8-20(16,17)15-10(2)12-14-11(7-19-12)13(3,4)5/h7,9-10,15H,8H2,1-6H3. The van der Waals surface area contributed by atoms with Gasteiger partial charge in [-0.3, -0.25) is 0 Å². The Morgan fingerprint density at radius 3 is 2.45 bits per heavy atom. The molecular formula is C13H24N2O3S2. The zero-order chi connectivity index (χ0) is 15.6. The number of ether oxygens (including phenoxy) is 1. The van der Waals surface area contributed by atoms with Crippen LogP contribution in [0.3, 0.4) is 0 Å². The van der Waals surface area contributed by atoms with Gasteiger partial charge in [-0.05, 0) is 13.8 Å². The molecule has 2 unspecified atom stereocenters. The lowest BCUT2D eigenvalue weighted by Gasteiger charge is -2.16. The minimum Gasteiger partial charge on any atom is -0.381 e. The van der Waals surface area contributed by atoms with E-state index in [1.165, 1.54) is 18.4 Å². The van der Waals surface area contributed by atoms with E-state index >= 15 is 0 Å². The third-order valence-electron chi connectivity index (χ3n) is 2.87. The third kappa shape index (κ3) is 5.12. The second kappa shape index (κ2) is 6.51. The Morgan fingerprint density at radius 1 is 1.40 bits per heavy atom. The molecule has 20 heavy (non-hydrogen) atoms. The van der Waals surface area contributed by atoms with Gasteiger partial charge in [0.1, 0.15) is 5.01 Å². The van der Waals surface area contributed by atoms with Crippen molar-refractivity contribution in [2.75, 3.05) is 12.9 Å². The number of nitrogens with one attached hydrogen (secondary N) is 1. The fourth-order valence-electron chi connectivity index (χ4n) is 1.58. The van der Waals surface area contributed by atoms with Crippen molar-refractivity contribution in [2.45, 2.75) is 52.2 Å². The molecular weight excluding hydrogens is 296 g/mol. The number of hydrogen-bond acceptors (Lipinski definition) is 5. The van der Waals surface area contributed by atoms with Crippen molar-refractivity contribution in [1.29, 1.82) is 0 Å². The highest BCUT2D eigenvalue weighted by atomic mass is 32.2. The van der Waals surface area contributed by atoms with Crippen molar-refractivity contribution in [1.82, 2.24) is 9.71 Å².